The van der Waals surface area contributed by atoms with Gasteiger partial charge in [-0.3, -0.25) is 9.89 Å². The smallest absolute Gasteiger partial charge is 0.195 e. The number of nitrogens with one attached hydrogen (secondary N) is 2. The molecule has 2 N–H and O–H groups in total. The molecule has 0 aliphatic carbocycles. The van der Waals surface area contributed by atoms with Crippen LogP contribution in [0.25, 0.3) is 0 Å². The molecule has 8 heteroatoms. The number of methoxy groups -OCH3 is 2. The molecule has 1 saturated heterocycles. The summed E-state index contributed by atoms with van der Waals surface area (Å²) in [7, 11) is 5.00. The summed E-state index contributed by atoms with van der Waals surface area (Å²) in [5.41, 5.74) is 3.40. The molecule has 0 aromatic heterocycles. The normalized spacial score (nSPS) is 14.6. The Morgan fingerprint density at radius 2 is 1.77 bits per heavy atom. The van der Waals surface area contributed by atoms with Gasteiger partial charge in [-0.05, 0) is 23.3 Å². The van der Waals surface area contributed by atoms with Crippen LogP contribution in [0.5, 0.6) is 11.5 Å². The van der Waals surface area contributed by atoms with Crippen LogP contribution in [0.15, 0.2) is 47.5 Å². The molecule has 0 saturated carbocycles. The van der Waals surface area contributed by atoms with Crippen LogP contribution in [-0.4, -0.2) is 58.4 Å². The molecule has 1 aliphatic heterocycles. The number of morpholine rings is 1. The molecule has 2 aromatic rings. The van der Waals surface area contributed by atoms with E-state index in [0.29, 0.717) is 24.0 Å². The van der Waals surface area contributed by atoms with Crippen LogP contribution in [0.4, 0.5) is 5.69 Å². The summed E-state index contributed by atoms with van der Waals surface area (Å²) in [6.45, 7) is 5.26. The van der Waals surface area contributed by atoms with Crippen LogP contribution in [0.3, 0.4) is 0 Å². The maximum atomic E-state index is 5.43. The summed E-state index contributed by atoms with van der Waals surface area (Å²) in [5.74, 6) is 2.05. The number of aliphatic imine (C=N–C) groups is 1. The Morgan fingerprint density at radius 3 is 2.47 bits per heavy atom. The van der Waals surface area contributed by atoms with Gasteiger partial charge in [0.25, 0.3) is 0 Å². The van der Waals surface area contributed by atoms with Crippen molar-refractivity contribution in [1.82, 2.24) is 10.2 Å². The summed E-state index contributed by atoms with van der Waals surface area (Å²) in [5, 5.41) is 6.65. The Hall–Kier alpha value is -2.04. The highest BCUT2D eigenvalue weighted by Crippen LogP contribution is 2.29. The zero-order valence-corrected chi connectivity index (χ0v) is 20.1. The molecule has 1 heterocycles. The van der Waals surface area contributed by atoms with Gasteiger partial charge < -0.3 is 24.8 Å². The Kier molecular flexibility index (Phi) is 10.2. The Bertz CT molecular complexity index is 826. The molecule has 0 spiro atoms. The minimum Gasteiger partial charge on any atom is -0.493 e. The predicted molar refractivity (Wildman–Crippen MR) is 131 cm³/mol. The lowest BCUT2D eigenvalue weighted by atomic mass is 10.1. The van der Waals surface area contributed by atoms with Crippen LogP contribution in [0.2, 0.25) is 0 Å². The highest BCUT2D eigenvalue weighted by molar-refractivity contribution is 14.0. The number of hydrogen-bond donors (Lipinski definition) is 2. The third-order valence-electron chi connectivity index (χ3n) is 4.83. The number of nitrogens with zero attached hydrogens (tertiary/aromatic N) is 2. The van der Waals surface area contributed by atoms with E-state index in [1.807, 2.05) is 18.2 Å². The maximum Gasteiger partial charge on any atom is 0.195 e. The van der Waals surface area contributed by atoms with E-state index in [2.05, 4.69) is 44.8 Å². The number of rotatable bonds is 7. The number of benzene rings is 2. The largest absolute Gasteiger partial charge is 0.493 e. The molecule has 30 heavy (non-hydrogen) atoms. The molecule has 164 valence electrons. The first-order chi connectivity index (χ1) is 14.2. The fraction of sp³-hybridized carbons (Fsp3) is 0.409. The molecule has 1 aliphatic rings. The molecule has 0 bridgehead atoms. The van der Waals surface area contributed by atoms with Gasteiger partial charge in [-0.25, -0.2) is 0 Å². The zero-order chi connectivity index (χ0) is 20.5. The molecular weight excluding hydrogens is 495 g/mol. The van der Waals surface area contributed by atoms with E-state index in [4.69, 9.17) is 14.2 Å². The van der Waals surface area contributed by atoms with Gasteiger partial charge in [0.1, 0.15) is 0 Å². The van der Waals surface area contributed by atoms with Crippen molar-refractivity contribution in [2.45, 2.75) is 13.1 Å². The van der Waals surface area contributed by atoms with Crippen molar-refractivity contribution in [3.05, 3.63) is 53.6 Å². The summed E-state index contributed by atoms with van der Waals surface area (Å²) in [6, 6.07) is 14.3. The Labute approximate surface area is 195 Å². The predicted octanol–water partition coefficient (Wildman–Crippen LogP) is 3.34. The Morgan fingerprint density at radius 1 is 1.03 bits per heavy atom. The van der Waals surface area contributed by atoms with Crippen molar-refractivity contribution < 1.29 is 14.2 Å². The van der Waals surface area contributed by atoms with Gasteiger partial charge in [-0.1, -0.05) is 24.3 Å². The molecule has 0 unspecified atom stereocenters. The fourth-order valence-electron chi connectivity index (χ4n) is 3.27. The van der Waals surface area contributed by atoms with Gasteiger partial charge in [0.15, 0.2) is 17.5 Å². The lowest BCUT2D eigenvalue weighted by Crippen LogP contribution is -2.35. The third kappa shape index (κ3) is 7.03. The van der Waals surface area contributed by atoms with E-state index in [1.165, 1.54) is 11.1 Å². The first-order valence-corrected chi connectivity index (χ1v) is 9.79. The zero-order valence-electron chi connectivity index (χ0n) is 17.8. The second-order valence-corrected chi connectivity index (χ2v) is 6.83. The average molecular weight is 526 g/mol. The van der Waals surface area contributed by atoms with Crippen LogP contribution in [0.1, 0.15) is 11.1 Å². The third-order valence-corrected chi connectivity index (χ3v) is 4.83. The Balaban J connectivity index is 0.00000320. The van der Waals surface area contributed by atoms with Crippen molar-refractivity contribution >= 4 is 35.6 Å². The van der Waals surface area contributed by atoms with E-state index in [-0.39, 0.29) is 24.0 Å². The van der Waals surface area contributed by atoms with E-state index in [0.717, 1.165) is 38.5 Å². The standard InChI is InChI=1S/C22H30N4O3.HI/c1-23-22(25-19-7-8-20(27-2)21(14-19)28-3)24-15-17-5-4-6-18(13-17)16-26-9-11-29-12-10-26;/h4-8,13-14H,9-12,15-16H2,1-3H3,(H2,23,24,25);1H. The lowest BCUT2D eigenvalue weighted by molar-refractivity contribution is 0.0342. The van der Waals surface area contributed by atoms with Crippen molar-refractivity contribution in [3.63, 3.8) is 0 Å². The molecule has 0 amide bonds. The minimum atomic E-state index is 0. The summed E-state index contributed by atoms with van der Waals surface area (Å²) < 4.78 is 16.1. The lowest BCUT2D eigenvalue weighted by Gasteiger charge is -2.26. The molecule has 0 radical (unpaired) electrons. The molecule has 1 fully saturated rings. The molecule has 7 nitrogen and oxygen atoms in total. The van der Waals surface area contributed by atoms with Crippen molar-refractivity contribution in [1.29, 1.82) is 0 Å². The maximum absolute atomic E-state index is 5.43. The van der Waals surface area contributed by atoms with Gasteiger partial charge in [0, 0.05) is 45.0 Å². The molecule has 3 rings (SSSR count). The number of hydrogen-bond acceptors (Lipinski definition) is 5. The van der Waals surface area contributed by atoms with Gasteiger partial charge in [0.05, 0.1) is 27.4 Å². The number of anilines is 1. The van der Waals surface area contributed by atoms with Crippen molar-refractivity contribution in [2.75, 3.05) is 52.9 Å². The van der Waals surface area contributed by atoms with Gasteiger partial charge in [-0.15, -0.1) is 24.0 Å². The monoisotopic (exact) mass is 526 g/mol. The highest BCUT2D eigenvalue weighted by atomic mass is 127. The van der Waals surface area contributed by atoms with Crippen LogP contribution in [0, 0.1) is 0 Å². The minimum absolute atomic E-state index is 0. The van der Waals surface area contributed by atoms with E-state index >= 15 is 0 Å². The average Bonchev–Trinajstić information content (AvgIpc) is 2.77. The first-order valence-electron chi connectivity index (χ1n) is 9.79. The second-order valence-electron chi connectivity index (χ2n) is 6.83. The van der Waals surface area contributed by atoms with Crippen LogP contribution in [-0.2, 0) is 17.8 Å². The number of guanidine groups is 1. The quantitative estimate of drug-likeness (QED) is 0.328. The van der Waals surface area contributed by atoms with Gasteiger partial charge in [-0.2, -0.15) is 0 Å². The topological polar surface area (TPSA) is 67.4 Å². The van der Waals surface area contributed by atoms with Crippen molar-refractivity contribution in [3.8, 4) is 11.5 Å². The van der Waals surface area contributed by atoms with Crippen molar-refractivity contribution in [2.24, 2.45) is 4.99 Å². The molecule has 2 aromatic carbocycles. The van der Waals surface area contributed by atoms with E-state index in [9.17, 15) is 0 Å². The van der Waals surface area contributed by atoms with Gasteiger partial charge >= 0.3 is 0 Å². The SMILES string of the molecule is CN=C(NCc1cccc(CN2CCOCC2)c1)Nc1ccc(OC)c(OC)c1.I. The fourth-order valence-corrected chi connectivity index (χ4v) is 3.27. The van der Waals surface area contributed by atoms with E-state index < -0.39 is 0 Å². The van der Waals surface area contributed by atoms with Crippen LogP contribution >= 0.6 is 24.0 Å². The number of ether oxygens (including phenoxy) is 3. The molecular formula is C22H31IN4O3. The van der Waals surface area contributed by atoms with Gasteiger partial charge in [0.2, 0.25) is 0 Å². The highest BCUT2D eigenvalue weighted by Gasteiger charge is 2.11. The summed E-state index contributed by atoms with van der Waals surface area (Å²) in [6.07, 6.45) is 0. The summed E-state index contributed by atoms with van der Waals surface area (Å²) in [4.78, 5) is 6.74. The van der Waals surface area contributed by atoms with E-state index in [1.54, 1.807) is 21.3 Å². The number of halogens is 1. The van der Waals surface area contributed by atoms with Crippen LogP contribution < -0.4 is 20.1 Å². The first kappa shape index (κ1) is 24.2. The molecule has 0 atom stereocenters. The summed E-state index contributed by atoms with van der Waals surface area (Å²) >= 11 is 0. The second kappa shape index (κ2) is 12.6.